The van der Waals surface area contributed by atoms with E-state index in [4.69, 9.17) is 0 Å². The second-order valence-corrected chi connectivity index (χ2v) is 6.83. The van der Waals surface area contributed by atoms with Crippen molar-refractivity contribution in [3.8, 4) is 0 Å². The van der Waals surface area contributed by atoms with Crippen molar-refractivity contribution in [2.45, 2.75) is 6.92 Å². The number of nitrogens with one attached hydrogen (secondary N) is 2. The largest absolute Gasteiger partial charge is 0.360 e. The van der Waals surface area contributed by atoms with E-state index in [0.717, 1.165) is 25.5 Å². The van der Waals surface area contributed by atoms with Crippen LogP contribution >= 0.6 is 43.2 Å². The first-order valence-electron chi connectivity index (χ1n) is 5.74. The fourth-order valence-electron chi connectivity index (χ4n) is 1.88. The number of halogens is 2. The number of aromatic amines is 1. The topological polar surface area (TPSA) is 57.8 Å². The molecule has 0 unspecified atom stereocenters. The molecule has 2 aromatic heterocycles. The molecule has 7 heteroatoms. The third-order valence-corrected chi connectivity index (χ3v) is 5.53. The lowest BCUT2D eigenvalue weighted by atomic mass is 10.1. The molecule has 20 heavy (non-hydrogen) atoms. The van der Waals surface area contributed by atoms with Gasteiger partial charge in [-0.05, 0) is 50.9 Å². The molecule has 0 atom stereocenters. The van der Waals surface area contributed by atoms with Gasteiger partial charge in [0.25, 0.3) is 5.91 Å². The quantitative estimate of drug-likeness (QED) is 0.637. The monoisotopic (exact) mass is 413 g/mol. The molecular weight excluding hydrogens is 406 g/mol. The van der Waals surface area contributed by atoms with Gasteiger partial charge in [-0.2, -0.15) is 0 Å². The second-order valence-electron chi connectivity index (χ2n) is 4.26. The van der Waals surface area contributed by atoms with E-state index in [0.29, 0.717) is 10.7 Å². The number of carbonyl (C=O) groups excluding carboxylic acids is 1. The van der Waals surface area contributed by atoms with Crippen molar-refractivity contribution in [2.24, 2.45) is 0 Å². The maximum atomic E-state index is 12.3. The molecule has 0 saturated heterocycles. The Hall–Kier alpha value is -1.18. The van der Waals surface area contributed by atoms with Crippen LogP contribution in [0, 0.1) is 6.92 Å². The van der Waals surface area contributed by atoms with Gasteiger partial charge in [0.2, 0.25) is 0 Å². The first kappa shape index (κ1) is 13.8. The minimum Gasteiger partial charge on any atom is -0.360 e. The summed E-state index contributed by atoms with van der Waals surface area (Å²) in [4.78, 5) is 19.6. The highest BCUT2D eigenvalue weighted by atomic mass is 79.9. The van der Waals surface area contributed by atoms with Gasteiger partial charge in [-0.15, -0.1) is 11.3 Å². The van der Waals surface area contributed by atoms with Gasteiger partial charge in [0.05, 0.1) is 11.3 Å². The Balaban J connectivity index is 1.97. The Labute approximate surface area is 135 Å². The molecule has 0 aliphatic rings. The van der Waals surface area contributed by atoms with Gasteiger partial charge in [0.1, 0.15) is 0 Å². The molecule has 102 valence electrons. The van der Waals surface area contributed by atoms with Crippen molar-refractivity contribution in [2.75, 3.05) is 5.32 Å². The Morgan fingerprint density at radius 2 is 2.10 bits per heavy atom. The van der Waals surface area contributed by atoms with Gasteiger partial charge < -0.3 is 4.98 Å². The number of aromatic nitrogens is 2. The van der Waals surface area contributed by atoms with E-state index < -0.39 is 0 Å². The number of anilines is 1. The molecule has 0 aliphatic heterocycles. The van der Waals surface area contributed by atoms with Crippen LogP contribution in [0.5, 0.6) is 0 Å². The predicted molar refractivity (Wildman–Crippen MR) is 88.5 cm³/mol. The van der Waals surface area contributed by atoms with Crippen molar-refractivity contribution in [1.82, 2.24) is 9.97 Å². The maximum Gasteiger partial charge on any atom is 0.259 e. The fraction of sp³-hybridized carbons (Fsp3) is 0.0769. The number of benzene rings is 1. The number of rotatable bonds is 2. The van der Waals surface area contributed by atoms with Crippen LogP contribution in [0.1, 0.15) is 16.1 Å². The molecule has 0 fully saturated rings. The summed E-state index contributed by atoms with van der Waals surface area (Å²) in [7, 11) is 0. The van der Waals surface area contributed by atoms with Gasteiger partial charge in [-0.25, -0.2) is 4.98 Å². The zero-order chi connectivity index (χ0) is 14.3. The third kappa shape index (κ3) is 2.53. The molecule has 3 rings (SSSR count). The molecule has 4 nitrogen and oxygen atoms in total. The second kappa shape index (κ2) is 5.31. The fourth-order valence-corrected chi connectivity index (χ4v) is 3.25. The smallest absolute Gasteiger partial charge is 0.259 e. The van der Waals surface area contributed by atoms with E-state index >= 15 is 0 Å². The molecule has 1 amide bonds. The van der Waals surface area contributed by atoms with E-state index in [2.05, 4.69) is 47.1 Å². The predicted octanol–water partition coefficient (Wildman–Crippen LogP) is 4.71. The number of nitrogens with zero attached hydrogens (tertiary/aromatic N) is 1. The highest BCUT2D eigenvalue weighted by Crippen LogP contribution is 2.30. The summed E-state index contributed by atoms with van der Waals surface area (Å²) in [5, 5.41) is 6.19. The summed E-state index contributed by atoms with van der Waals surface area (Å²) in [6, 6.07) is 3.85. The molecule has 0 bridgehead atoms. The third-order valence-electron chi connectivity index (χ3n) is 2.81. The van der Waals surface area contributed by atoms with Crippen LogP contribution in [0.4, 0.5) is 5.13 Å². The van der Waals surface area contributed by atoms with E-state index in [1.807, 2.05) is 24.4 Å². The lowest BCUT2D eigenvalue weighted by molar-refractivity contribution is 0.102. The van der Waals surface area contributed by atoms with Gasteiger partial charge in [-0.1, -0.05) is 0 Å². The van der Waals surface area contributed by atoms with Crippen LogP contribution in [0.25, 0.3) is 10.9 Å². The maximum absolute atomic E-state index is 12.3. The summed E-state index contributed by atoms with van der Waals surface area (Å²) in [5.41, 5.74) is 2.40. The number of amides is 1. The van der Waals surface area contributed by atoms with Crippen molar-refractivity contribution < 1.29 is 4.79 Å². The van der Waals surface area contributed by atoms with E-state index in [-0.39, 0.29) is 5.91 Å². The van der Waals surface area contributed by atoms with E-state index in [1.54, 1.807) is 6.20 Å². The van der Waals surface area contributed by atoms with Gasteiger partial charge in [-0.3, -0.25) is 10.1 Å². The molecule has 0 radical (unpaired) electrons. The molecular formula is C13H9Br2N3OS. The summed E-state index contributed by atoms with van der Waals surface area (Å²) in [6.07, 6.45) is 1.71. The van der Waals surface area contributed by atoms with Gasteiger partial charge >= 0.3 is 0 Å². The average molecular weight is 415 g/mol. The molecule has 0 spiro atoms. The molecule has 2 N–H and O–H groups in total. The number of H-pyrrole nitrogens is 1. The SMILES string of the molecule is Cc1csc(NC(=O)c2c[nH]c3cc(Br)c(Br)cc23)n1. The van der Waals surface area contributed by atoms with Gasteiger partial charge in [0.15, 0.2) is 5.13 Å². The van der Waals surface area contributed by atoms with Crippen LogP contribution in [-0.2, 0) is 0 Å². The Kier molecular flexibility index (Phi) is 3.66. The Morgan fingerprint density at radius 1 is 1.35 bits per heavy atom. The molecule has 2 heterocycles. The summed E-state index contributed by atoms with van der Waals surface area (Å²) >= 11 is 8.31. The Bertz CT molecular complexity index is 809. The first-order chi connectivity index (χ1) is 9.54. The summed E-state index contributed by atoms with van der Waals surface area (Å²) < 4.78 is 1.85. The van der Waals surface area contributed by atoms with Gasteiger partial charge in [0, 0.05) is 31.4 Å². The zero-order valence-corrected chi connectivity index (χ0v) is 14.3. The van der Waals surface area contributed by atoms with Crippen molar-refractivity contribution in [1.29, 1.82) is 0 Å². The highest BCUT2D eigenvalue weighted by Gasteiger charge is 2.14. The number of thiazole rings is 1. The minimum absolute atomic E-state index is 0.167. The number of aryl methyl sites for hydroxylation is 1. The molecule has 0 saturated carbocycles. The minimum atomic E-state index is -0.167. The summed E-state index contributed by atoms with van der Waals surface area (Å²) in [5.74, 6) is -0.167. The number of hydrogen-bond acceptors (Lipinski definition) is 3. The van der Waals surface area contributed by atoms with Crippen molar-refractivity contribution in [3.63, 3.8) is 0 Å². The van der Waals surface area contributed by atoms with Crippen LogP contribution in [0.15, 0.2) is 32.7 Å². The van der Waals surface area contributed by atoms with Crippen LogP contribution in [0.2, 0.25) is 0 Å². The molecule has 1 aromatic carbocycles. The number of carbonyl (C=O) groups is 1. The lowest BCUT2D eigenvalue weighted by Crippen LogP contribution is -2.11. The van der Waals surface area contributed by atoms with Crippen molar-refractivity contribution in [3.05, 3.63) is 43.9 Å². The average Bonchev–Trinajstić information content (AvgIpc) is 2.97. The standard InChI is InChI=1S/C13H9Br2N3OS/c1-6-5-20-13(17-6)18-12(19)8-4-16-11-3-10(15)9(14)2-7(8)11/h2-5,16H,1H3,(H,17,18,19). The Morgan fingerprint density at radius 3 is 2.80 bits per heavy atom. The lowest BCUT2D eigenvalue weighted by Gasteiger charge is -2.01. The molecule has 0 aliphatic carbocycles. The number of hydrogen-bond donors (Lipinski definition) is 2. The van der Waals surface area contributed by atoms with Crippen molar-refractivity contribution >= 4 is 65.1 Å². The number of fused-ring (bicyclic) bond motifs is 1. The van der Waals surface area contributed by atoms with Crippen LogP contribution in [0.3, 0.4) is 0 Å². The van der Waals surface area contributed by atoms with E-state index in [1.165, 1.54) is 11.3 Å². The zero-order valence-electron chi connectivity index (χ0n) is 10.3. The molecule has 3 aromatic rings. The summed E-state index contributed by atoms with van der Waals surface area (Å²) in [6.45, 7) is 1.90. The first-order valence-corrected chi connectivity index (χ1v) is 8.21. The highest BCUT2D eigenvalue weighted by molar-refractivity contribution is 9.13. The normalized spacial score (nSPS) is 10.9. The van der Waals surface area contributed by atoms with Crippen LogP contribution < -0.4 is 5.32 Å². The van der Waals surface area contributed by atoms with E-state index in [9.17, 15) is 4.79 Å². The van der Waals surface area contributed by atoms with Crippen LogP contribution in [-0.4, -0.2) is 15.9 Å².